The van der Waals surface area contributed by atoms with Crippen molar-refractivity contribution in [1.82, 2.24) is 9.97 Å². The van der Waals surface area contributed by atoms with E-state index in [0.29, 0.717) is 30.2 Å². The van der Waals surface area contributed by atoms with Gasteiger partial charge in [-0.1, -0.05) is 11.6 Å². The summed E-state index contributed by atoms with van der Waals surface area (Å²) in [5.74, 6) is 1.93. The molecule has 1 aliphatic carbocycles. The highest BCUT2D eigenvalue weighted by Gasteiger charge is 2.29. The quantitative estimate of drug-likeness (QED) is 0.759. The molecule has 2 aliphatic rings. The van der Waals surface area contributed by atoms with Gasteiger partial charge in [0.25, 0.3) is 0 Å². The van der Waals surface area contributed by atoms with Gasteiger partial charge >= 0.3 is 0 Å². The summed E-state index contributed by atoms with van der Waals surface area (Å²) in [6.45, 7) is 3.16. The fourth-order valence-electron chi connectivity index (χ4n) is 1.56. The van der Waals surface area contributed by atoms with Crippen LogP contribution in [0, 0.1) is 6.92 Å². The van der Waals surface area contributed by atoms with E-state index in [1.165, 1.54) is 0 Å². The standard InChI is InChI=1S/C11H13ClN2O2/c1-6-9(12)13-10(7-2-3-7)14-11(6)16-8-4-15-5-8/h7-8H,2-5H2,1H3. The molecule has 0 aromatic carbocycles. The van der Waals surface area contributed by atoms with Gasteiger partial charge in [-0.2, -0.15) is 4.98 Å². The van der Waals surface area contributed by atoms with Crippen molar-refractivity contribution in [2.75, 3.05) is 13.2 Å². The minimum Gasteiger partial charge on any atom is -0.469 e. The molecule has 1 aromatic heterocycles. The molecule has 0 radical (unpaired) electrons. The number of halogens is 1. The zero-order valence-corrected chi connectivity index (χ0v) is 9.83. The first kappa shape index (κ1) is 10.3. The Morgan fingerprint density at radius 1 is 1.31 bits per heavy atom. The van der Waals surface area contributed by atoms with Gasteiger partial charge < -0.3 is 9.47 Å². The van der Waals surface area contributed by atoms with Crippen molar-refractivity contribution in [3.8, 4) is 5.88 Å². The van der Waals surface area contributed by atoms with Gasteiger partial charge in [0.1, 0.15) is 17.1 Å². The van der Waals surface area contributed by atoms with Crippen molar-refractivity contribution in [2.45, 2.75) is 31.8 Å². The molecule has 1 saturated carbocycles. The second-order valence-corrected chi connectivity index (χ2v) is 4.71. The van der Waals surface area contributed by atoms with Crippen LogP contribution in [-0.2, 0) is 4.74 Å². The zero-order valence-electron chi connectivity index (χ0n) is 9.07. The Kier molecular flexibility index (Phi) is 2.48. The lowest BCUT2D eigenvalue weighted by atomic mass is 10.3. The third-order valence-corrected chi connectivity index (χ3v) is 3.26. The van der Waals surface area contributed by atoms with Crippen LogP contribution in [-0.4, -0.2) is 29.3 Å². The highest BCUT2D eigenvalue weighted by atomic mass is 35.5. The molecule has 0 atom stereocenters. The smallest absolute Gasteiger partial charge is 0.221 e. The summed E-state index contributed by atoms with van der Waals surface area (Å²) >= 11 is 6.07. The van der Waals surface area contributed by atoms with Crippen LogP contribution in [0.2, 0.25) is 5.15 Å². The van der Waals surface area contributed by atoms with Crippen LogP contribution < -0.4 is 4.74 Å². The van der Waals surface area contributed by atoms with Gasteiger partial charge in [-0.25, -0.2) is 4.98 Å². The largest absolute Gasteiger partial charge is 0.469 e. The Bertz CT molecular complexity index is 417. The molecule has 2 fully saturated rings. The Balaban J connectivity index is 1.87. The second kappa shape index (κ2) is 3.86. The molecule has 0 spiro atoms. The van der Waals surface area contributed by atoms with Crippen LogP contribution in [0.15, 0.2) is 0 Å². The molecular formula is C11H13ClN2O2. The highest BCUT2D eigenvalue weighted by molar-refractivity contribution is 6.30. The molecule has 4 nitrogen and oxygen atoms in total. The Morgan fingerprint density at radius 3 is 2.62 bits per heavy atom. The molecule has 0 unspecified atom stereocenters. The number of rotatable bonds is 3. The average Bonchev–Trinajstić information content (AvgIpc) is 3.00. The zero-order chi connectivity index (χ0) is 11.1. The first-order chi connectivity index (χ1) is 7.74. The van der Waals surface area contributed by atoms with E-state index in [1.807, 2.05) is 6.92 Å². The minimum atomic E-state index is 0.122. The van der Waals surface area contributed by atoms with Crippen LogP contribution in [0.3, 0.4) is 0 Å². The van der Waals surface area contributed by atoms with E-state index in [0.717, 1.165) is 24.2 Å². The normalized spacial score (nSPS) is 20.6. The van der Waals surface area contributed by atoms with E-state index in [1.54, 1.807) is 0 Å². The molecule has 0 N–H and O–H groups in total. The third-order valence-electron chi connectivity index (χ3n) is 2.89. The maximum Gasteiger partial charge on any atom is 0.221 e. The maximum absolute atomic E-state index is 6.07. The van der Waals surface area contributed by atoms with Crippen molar-refractivity contribution in [2.24, 2.45) is 0 Å². The summed E-state index contributed by atoms with van der Waals surface area (Å²) in [5, 5.41) is 0.507. The van der Waals surface area contributed by atoms with E-state index < -0.39 is 0 Å². The SMILES string of the molecule is Cc1c(Cl)nc(C2CC2)nc1OC1COC1. The van der Waals surface area contributed by atoms with Crippen molar-refractivity contribution in [3.63, 3.8) is 0 Å². The molecule has 5 heteroatoms. The second-order valence-electron chi connectivity index (χ2n) is 4.35. The van der Waals surface area contributed by atoms with Crippen LogP contribution >= 0.6 is 11.6 Å². The fraction of sp³-hybridized carbons (Fsp3) is 0.636. The van der Waals surface area contributed by atoms with Gasteiger partial charge in [-0.15, -0.1) is 0 Å². The first-order valence-electron chi connectivity index (χ1n) is 5.52. The monoisotopic (exact) mass is 240 g/mol. The molecule has 16 heavy (non-hydrogen) atoms. The summed E-state index contributed by atoms with van der Waals surface area (Å²) in [5.41, 5.74) is 0.818. The topological polar surface area (TPSA) is 44.2 Å². The van der Waals surface area contributed by atoms with Crippen LogP contribution in [0.1, 0.15) is 30.1 Å². The number of hydrogen-bond acceptors (Lipinski definition) is 4. The van der Waals surface area contributed by atoms with Crippen molar-refractivity contribution in [3.05, 3.63) is 16.5 Å². The van der Waals surface area contributed by atoms with Gasteiger partial charge in [0.2, 0.25) is 5.88 Å². The molecule has 1 aliphatic heterocycles. The lowest BCUT2D eigenvalue weighted by Gasteiger charge is -2.26. The lowest BCUT2D eigenvalue weighted by Crippen LogP contribution is -2.39. The van der Waals surface area contributed by atoms with Crippen LogP contribution in [0.4, 0.5) is 0 Å². The van der Waals surface area contributed by atoms with Crippen molar-refractivity contribution in [1.29, 1.82) is 0 Å². The maximum atomic E-state index is 6.07. The molecule has 2 heterocycles. The number of ether oxygens (including phenoxy) is 2. The predicted molar refractivity (Wildman–Crippen MR) is 59.0 cm³/mol. The molecule has 1 aromatic rings. The van der Waals surface area contributed by atoms with Gasteiger partial charge in [-0.3, -0.25) is 0 Å². The molecule has 3 rings (SSSR count). The van der Waals surface area contributed by atoms with Gasteiger partial charge in [-0.05, 0) is 19.8 Å². The molecular weight excluding hydrogens is 228 g/mol. The molecule has 0 amide bonds. The summed E-state index contributed by atoms with van der Waals surface area (Å²) in [6.07, 6.45) is 2.44. The highest BCUT2D eigenvalue weighted by Crippen LogP contribution is 2.40. The number of nitrogens with zero attached hydrogens (tertiary/aromatic N) is 2. The van der Waals surface area contributed by atoms with E-state index in [2.05, 4.69) is 9.97 Å². The number of hydrogen-bond donors (Lipinski definition) is 0. The van der Waals surface area contributed by atoms with E-state index in [-0.39, 0.29) is 6.10 Å². The van der Waals surface area contributed by atoms with Crippen molar-refractivity contribution >= 4 is 11.6 Å². The lowest BCUT2D eigenvalue weighted by molar-refractivity contribution is -0.0816. The van der Waals surface area contributed by atoms with E-state index in [9.17, 15) is 0 Å². The van der Waals surface area contributed by atoms with E-state index in [4.69, 9.17) is 21.1 Å². The van der Waals surface area contributed by atoms with Gasteiger partial charge in [0, 0.05) is 11.5 Å². The summed E-state index contributed by atoms with van der Waals surface area (Å²) in [4.78, 5) is 8.73. The van der Waals surface area contributed by atoms with Crippen molar-refractivity contribution < 1.29 is 9.47 Å². The summed E-state index contributed by atoms with van der Waals surface area (Å²) in [6, 6.07) is 0. The molecule has 1 saturated heterocycles. The number of aromatic nitrogens is 2. The summed E-state index contributed by atoms with van der Waals surface area (Å²) < 4.78 is 10.8. The molecule has 86 valence electrons. The third kappa shape index (κ3) is 1.87. The van der Waals surface area contributed by atoms with Crippen LogP contribution in [0.5, 0.6) is 5.88 Å². The first-order valence-corrected chi connectivity index (χ1v) is 5.90. The van der Waals surface area contributed by atoms with E-state index >= 15 is 0 Å². The fourth-order valence-corrected chi connectivity index (χ4v) is 1.73. The van der Waals surface area contributed by atoms with Gasteiger partial charge in [0.05, 0.1) is 13.2 Å². The predicted octanol–water partition coefficient (Wildman–Crippen LogP) is 2.09. The van der Waals surface area contributed by atoms with Gasteiger partial charge in [0.15, 0.2) is 0 Å². The Labute approximate surface area is 98.9 Å². The molecule has 0 bridgehead atoms. The average molecular weight is 241 g/mol. The van der Waals surface area contributed by atoms with Crippen LogP contribution in [0.25, 0.3) is 0 Å². The Hall–Kier alpha value is -0.870. The summed E-state index contributed by atoms with van der Waals surface area (Å²) in [7, 11) is 0. The Morgan fingerprint density at radius 2 is 2.06 bits per heavy atom. The minimum absolute atomic E-state index is 0.122.